The van der Waals surface area contributed by atoms with Crippen LogP contribution in [0.5, 0.6) is 0 Å². The highest BCUT2D eigenvalue weighted by Gasteiger charge is 2.38. The van der Waals surface area contributed by atoms with Gasteiger partial charge in [0.1, 0.15) is 5.82 Å². The molecule has 0 N–H and O–H groups in total. The Morgan fingerprint density at radius 3 is 2.59 bits per heavy atom. The number of rotatable bonds is 2. The standard InChI is InChI=1S/C21H21FN2O3/c1-23-19-11-24(10-17(20(23)25)12-27-13-19)21(26)16-6-2-4-14(8-16)15-5-3-7-18(22)9-15/h2-9,17,19H,10-13H2,1H3/t17-,19+/m1/s1. The molecule has 2 aliphatic rings. The summed E-state index contributed by atoms with van der Waals surface area (Å²) in [5, 5.41) is 0. The first kappa shape index (κ1) is 17.7. The monoisotopic (exact) mass is 368 g/mol. The molecule has 140 valence electrons. The lowest BCUT2D eigenvalue weighted by atomic mass is 10.0. The molecule has 0 radical (unpaired) electrons. The van der Waals surface area contributed by atoms with Gasteiger partial charge >= 0.3 is 0 Å². The van der Waals surface area contributed by atoms with Crippen molar-refractivity contribution in [3.63, 3.8) is 0 Å². The van der Waals surface area contributed by atoms with Crippen molar-refractivity contribution >= 4 is 11.8 Å². The lowest BCUT2D eigenvalue weighted by Crippen LogP contribution is -2.45. The Morgan fingerprint density at radius 2 is 1.81 bits per heavy atom. The molecule has 2 bridgehead atoms. The topological polar surface area (TPSA) is 49.9 Å². The number of fused-ring (bicyclic) bond motifs is 3. The first-order valence-corrected chi connectivity index (χ1v) is 9.02. The van der Waals surface area contributed by atoms with Gasteiger partial charge in [0.2, 0.25) is 5.91 Å². The highest BCUT2D eigenvalue weighted by molar-refractivity contribution is 5.96. The second-order valence-electron chi connectivity index (χ2n) is 7.14. The van der Waals surface area contributed by atoms with Crippen molar-refractivity contribution in [2.45, 2.75) is 6.04 Å². The number of nitrogens with zero attached hydrogens (tertiary/aromatic N) is 2. The van der Waals surface area contributed by atoms with Gasteiger partial charge in [-0.15, -0.1) is 0 Å². The van der Waals surface area contributed by atoms with E-state index in [1.165, 1.54) is 12.1 Å². The van der Waals surface area contributed by atoms with E-state index >= 15 is 0 Å². The Labute approximate surface area is 157 Å². The summed E-state index contributed by atoms with van der Waals surface area (Å²) in [5.41, 5.74) is 2.04. The van der Waals surface area contributed by atoms with Crippen LogP contribution in [0.25, 0.3) is 11.1 Å². The van der Waals surface area contributed by atoms with E-state index in [0.717, 1.165) is 11.1 Å². The number of carbonyl (C=O) groups is 2. The molecule has 4 rings (SSSR count). The minimum absolute atomic E-state index is 0.0290. The van der Waals surface area contributed by atoms with Crippen molar-refractivity contribution in [1.82, 2.24) is 9.80 Å². The van der Waals surface area contributed by atoms with Gasteiger partial charge in [-0.1, -0.05) is 24.3 Å². The summed E-state index contributed by atoms with van der Waals surface area (Å²) < 4.78 is 19.1. The zero-order valence-corrected chi connectivity index (χ0v) is 15.1. The van der Waals surface area contributed by atoms with Crippen LogP contribution in [0.1, 0.15) is 10.4 Å². The van der Waals surface area contributed by atoms with Crippen molar-refractivity contribution < 1.29 is 18.7 Å². The molecule has 2 aromatic rings. The summed E-state index contributed by atoms with van der Waals surface area (Å²) in [6, 6.07) is 13.4. The van der Waals surface area contributed by atoms with Crippen molar-refractivity contribution in [3.8, 4) is 11.1 Å². The Kier molecular flexibility index (Phi) is 4.66. The highest BCUT2D eigenvalue weighted by Crippen LogP contribution is 2.24. The molecule has 0 unspecified atom stereocenters. The first-order chi connectivity index (χ1) is 13.0. The zero-order valence-electron chi connectivity index (χ0n) is 15.1. The number of carbonyl (C=O) groups excluding carboxylic acids is 2. The van der Waals surface area contributed by atoms with Gasteiger partial charge in [-0.25, -0.2) is 4.39 Å². The van der Waals surface area contributed by atoms with Crippen molar-refractivity contribution in [2.24, 2.45) is 5.92 Å². The fourth-order valence-corrected chi connectivity index (χ4v) is 3.75. The Balaban J connectivity index is 1.61. The number of amides is 2. The molecule has 0 saturated carbocycles. The second-order valence-corrected chi connectivity index (χ2v) is 7.14. The van der Waals surface area contributed by atoms with Crippen LogP contribution in [0.2, 0.25) is 0 Å². The number of hydrogen-bond donors (Lipinski definition) is 0. The Morgan fingerprint density at radius 1 is 1.07 bits per heavy atom. The van der Waals surface area contributed by atoms with Gasteiger partial charge < -0.3 is 14.5 Å². The number of hydrogen-bond acceptors (Lipinski definition) is 3. The molecule has 5 nitrogen and oxygen atoms in total. The predicted octanol–water partition coefficient (Wildman–Crippen LogP) is 2.42. The van der Waals surface area contributed by atoms with Crippen LogP contribution in [-0.2, 0) is 9.53 Å². The maximum absolute atomic E-state index is 13.5. The first-order valence-electron chi connectivity index (χ1n) is 9.02. The molecule has 0 spiro atoms. The van der Waals surface area contributed by atoms with Gasteiger partial charge in [0.25, 0.3) is 5.91 Å². The van der Waals surface area contributed by atoms with Gasteiger partial charge in [0.05, 0.1) is 25.2 Å². The summed E-state index contributed by atoms with van der Waals surface area (Å²) in [6.45, 7) is 1.57. The molecule has 2 aliphatic heterocycles. The maximum Gasteiger partial charge on any atom is 0.253 e. The van der Waals surface area contributed by atoms with E-state index in [1.807, 2.05) is 12.1 Å². The summed E-state index contributed by atoms with van der Waals surface area (Å²) in [6.07, 6.45) is 0. The van der Waals surface area contributed by atoms with Crippen molar-refractivity contribution in [2.75, 3.05) is 33.4 Å². The molecule has 2 fully saturated rings. The molecule has 0 aromatic heterocycles. The number of ether oxygens (including phenoxy) is 1. The fourth-order valence-electron chi connectivity index (χ4n) is 3.75. The van der Waals surface area contributed by atoms with Gasteiger partial charge in [0.15, 0.2) is 0 Å². The molecular formula is C21H21FN2O3. The molecule has 2 amide bonds. The van der Waals surface area contributed by atoms with E-state index in [9.17, 15) is 14.0 Å². The van der Waals surface area contributed by atoms with E-state index in [0.29, 0.717) is 31.9 Å². The van der Waals surface area contributed by atoms with Crippen LogP contribution >= 0.6 is 0 Å². The van der Waals surface area contributed by atoms with E-state index in [1.54, 1.807) is 41.1 Å². The third-order valence-electron chi connectivity index (χ3n) is 5.30. The number of halogens is 1. The van der Waals surface area contributed by atoms with Gasteiger partial charge in [-0.2, -0.15) is 0 Å². The Bertz CT molecular complexity index is 885. The average molecular weight is 368 g/mol. The normalized spacial score (nSPS) is 22.5. The third-order valence-corrected chi connectivity index (χ3v) is 5.30. The Hall–Kier alpha value is -2.73. The lowest BCUT2D eigenvalue weighted by molar-refractivity contribution is -0.133. The third kappa shape index (κ3) is 3.45. The minimum atomic E-state index is -0.335. The molecule has 0 aliphatic carbocycles. The number of benzene rings is 2. The van der Waals surface area contributed by atoms with Crippen molar-refractivity contribution in [3.05, 3.63) is 59.9 Å². The van der Waals surface area contributed by atoms with Crippen LogP contribution in [0.4, 0.5) is 4.39 Å². The molecule has 2 atom stereocenters. The molecule has 2 saturated heterocycles. The predicted molar refractivity (Wildman–Crippen MR) is 98.6 cm³/mol. The smallest absolute Gasteiger partial charge is 0.253 e. The van der Waals surface area contributed by atoms with Crippen LogP contribution < -0.4 is 0 Å². The lowest BCUT2D eigenvalue weighted by Gasteiger charge is -2.29. The quantitative estimate of drug-likeness (QED) is 0.818. The average Bonchev–Trinajstić information content (AvgIpc) is 2.86. The maximum atomic E-state index is 13.5. The van der Waals surface area contributed by atoms with Crippen LogP contribution in [0.3, 0.4) is 0 Å². The second kappa shape index (κ2) is 7.12. The molecule has 6 heteroatoms. The summed E-state index contributed by atoms with van der Waals surface area (Å²) in [7, 11) is 1.77. The van der Waals surface area contributed by atoms with Gasteiger partial charge in [-0.05, 0) is 35.4 Å². The minimum Gasteiger partial charge on any atom is -0.378 e. The zero-order chi connectivity index (χ0) is 19.0. The summed E-state index contributed by atoms with van der Waals surface area (Å²) >= 11 is 0. The fraction of sp³-hybridized carbons (Fsp3) is 0.333. The van der Waals surface area contributed by atoms with Crippen LogP contribution in [-0.4, -0.2) is 61.0 Å². The molecular weight excluding hydrogens is 347 g/mol. The van der Waals surface area contributed by atoms with Crippen LogP contribution in [0, 0.1) is 11.7 Å². The van der Waals surface area contributed by atoms with Gasteiger partial charge in [0, 0.05) is 25.7 Å². The molecule has 2 aromatic carbocycles. The van der Waals surface area contributed by atoms with Crippen LogP contribution in [0.15, 0.2) is 48.5 Å². The van der Waals surface area contributed by atoms with E-state index < -0.39 is 0 Å². The van der Waals surface area contributed by atoms with Crippen molar-refractivity contribution in [1.29, 1.82) is 0 Å². The molecule has 2 heterocycles. The molecule has 27 heavy (non-hydrogen) atoms. The van der Waals surface area contributed by atoms with E-state index in [2.05, 4.69) is 0 Å². The largest absolute Gasteiger partial charge is 0.378 e. The SMILES string of the molecule is CN1C(=O)[C@H]2COC[C@@H]1CN(C(=O)c1cccc(-c3cccc(F)c3)c1)C2. The summed E-state index contributed by atoms with van der Waals surface area (Å²) in [4.78, 5) is 29.0. The van der Waals surface area contributed by atoms with E-state index in [-0.39, 0.29) is 29.6 Å². The summed E-state index contributed by atoms with van der Waals surface area (Å²) in [5.74, 6) is -0.737. The number of likely N-dealkylation sites (N-methyl/N-ethyl adjacent to an activating group) is 1. The van der Waals surface area contributed by atoms with Gasteiger partial charge in [-0.3, -0.25) is 9.59 Å². The highest BCUT2D eigenvalue weighted by atomic mass is 19.1. The van der Waals surface area contributed by atoms with E-state index in [4.69, 9.17) is 4.74 Å².